The van der Waals surface area contributed by atoms with Gasteiger partial charge in [0.1, 0.15) is 5.75 Å². The van der Waals surface area contributed by atoms with E-state index in [1.165, 1.54) is 12.5 Å². The van der Waals surface area contributed by atoms with Gasteiger partial charge in [-0.05, 0) is 65.2 Å². The summed E-state index contributed by atoms with van der Waals surface area (Å²) in [6.07, 6.45) is 3.37. The summed E-state index contributed by atoms with van der Waals surface area (Å²) in [6, 6.07) is 5.15. The van der Waals surface area contributed by atoms with Crippen LogP contribution in [-0.4, -0.2) is 17.1 Å². The molecule has 1 fully saturated rings. The summed E-state index contributed by atoms with van der Waals surface area (Å²) in [5.74, 6) is 1.25. The first-order chi connectivity index (χ1) is 8.97. The van der Waals surface area contributed by atoms with Gasteiger partial charge in [-0.25, -0.2) is 0 Å². The second kappa shape index (κ2) is 5.95. The molecule has 0 aromatic heterocycles. The highest BCUT2D eigenvalue weighted by atomic mass is 79.9. The van der Waals surface area contributed by atoms with Gasteiger partial charge in [-0.15, -0.1) is 0 Å². The lowest BCUT2D eigenvalue weighted by Gasteiger charge is -2.33. The lowest BCUT2D eigenvalue weighted by Crippen LogP contribution is -2.42. The number of benzene rings is 1. The van der Waals surface area contributed by atoms with Crippen molar-refractivity contribution in [3.05, 3.63) is 28.2 Å². The molecule has 0 saturated heterocycles. The normalized spacial score (nSPS) is 27.0. The van der Waals surface area contributed by atoms with Crippen molar-refractivity contribution in [1.82, 2.24) is 5.32 Å². The second-order valence-electron chi connectivity index (χ2n) is 5.64. The number of aromatic hydroxyl groups is 1. The Morgan fingerprint density at radius 2 is 2.11 bits per heavy atom. The highest BCUT2D eigenvalue weighted by Gasteiger charge is 2.26. The lowest BCUT2D eigenvalue weighted by atomic mass is 9.80. The molecule has 0 aliphatic heterocycles. The van der Waals surface area contributed by atoms with Crippen LogP contribution in [0.5, 0.6) is 5.75 Å². The average molecular weight is 326 g/mol. The van der Waals surface area contributed by atoms with Crippen molar-refractivity contribution < 1.29 is 9.90 Å². The Morgan fingerprint density at radius 1 is 1.37 bits per heavy atom. The number of rotatable bonds is 2. The van der Waals surface area contributed by atoms with E-state index < -0.39 is 0 Å². The largest absolute Gasteiger partial charge is 0.507 e. The molecule has 0 heterocycles. The van der Waals surface area contributed by atoms with Gasteiger partial charge in [-0.3, -0.25) is 4.79 Å². The van der Waals surface area contributed by atoms with Gasteiger partial charge in [-0.1, -0.05) is 13.8 Å². The summed E-state index contributed by atoms with van der Waals surface area (Å²) >= 11 is 3.21. The molecule has 1 aliphatic carbocycles. The standard InChI is InChI=1S/C15H20BrNO2/c1-9-3-6-13(10(2)7-9)17-15(19)11-4-5-12(16)14(18)8-11/h4-5,8-10,13,18H,3,6-7H2,1-2H3,(H,17,19). The molecule has 0 bridgehead atoms. The van der Waals surface area contributed by atoms with Crippen molar-refractivity contribution in [1.29, 1.82) is 0 Å². The molecule has 2 rings (SSSR count). The Labute approximate surface area is 122 Å². The van der Waals surface area contributed by atoms with E-state index in [2.05, 4.69) is 35.1 Å². The first kappa shape index (κ1) is 14.4. The van der Waals surface area contributed by atoms with Gasteiger partial charge in [-0.2, -0.15) is 0 Å². The number of phenols is 1. The molecule has 2 N–H and O–H groups in total. The number of phenolic OH excluding ortho intramolecular Hbond substituents is 1. The zero-order valence-electron chi connectivity index (χ0n) is 11.3. The zero-order chi connectivity index (χ0) is 14.0. The zero-order valence-corrected chi connectivity index (χ0v) is 12.9. The van der Waals surface area contributed by atoms with Gasteiger partial charge in [0.25, 0.3) is 5.91 Å². The van der Waals surface area contributed by atoms with Crippen molar-refractivity contribution in [3.8, 4) is 5.75 Å². The van der Waals surface area contributed by atoms with E-state index in [4.69, 9.17) is 0 Å². The fourth-order valence-corrected chi connectivity index (χ4v) is 3.03. The van der Waals surface area contributed by atoms with Crippen LogP contribution < -0.4 is 5.32 Å². The van der Waals surface area contributed by atoms with E-state index in [0.29, 0.717) is 16.0 Å². The quantitative estimate of drug-likeness (QED) is 0.870. The molecular weight excluding hydrogens is 306 g/mol. The molecule has 1 aliphatic rings. The Hall–Kier alpha value is -1.03. The molecule has 104 valence electrons. The van der Waals surface area contributed by atoms with Crippen LogP contribution in [0.4, 0.5) is 0 Å². The van der Waals surface area contributed by atoms with Gasteiger partial charge in [0.15, 0.2) is 0 Å². The summed E-state index contributed by atoms with van der Waals surface area (Å²) in [6.45, 7) is 4.46. The predicted octanol–water partition coefficient (Wildman–Crippen LogP) is 3.71. The van der Waals surface area contributed by atoms with E-state index >= 15 is 0 Å². The Balaban J connectivity index is 2.02. The summed E-state index contributed by atoms with van der Waals surface area (Å²) in [5, 5.41) is 12.7. The molecule has 1 amide bonds. The van der Waals surface area contributed by atoms with Gasteiger partial charge in [0.05, 0.1) is 4.47 Å². The molecule has 4 heteroatoms. The lowest BCUT2D eigenvalue weighted by molar-refractivity contribution is 0.0899. The number of amides is 1. The summed E-state index contributed by atoms with van der Waals surface area (Å²) < 4.78 is 0.601. The van der Waals surface area contributed by atoms with E-state index in [9.17, 15) is 9.90 Å². The third kappa shape index (κ3) is 3.50. The third-order valence-electron chi connectivity index (χ3n) is 3.96. The first-order valence-corrected chi connectivity index (χ1v) is 7.56. The maximum atomic E-state index is 12.2. The van der Waals surface area contributed by atoms with Crippen molar-refractivity contribution >= 4 is 21.8 Å². The van der Waals surface area contributed by atoms with Crippen LogP contribution in [0.3, 0.4) is 0 Å². The van der Waals surface area contributed by atoms with Crippen molar-refractivity contribution in [2.45, 2.75) is 39.2 Å². The van der Waals surface area contributed by atoms with Crippen LogP contribution in [0.1, 0.15) is 43.5 Å². The Bertz CT molecular complexity index is 475. The Kier molecular flexibility index (Phi) is 4.50. The molecule has 3 unspecified atom stereocenters. The minimum Gasteiger partial charge on any atom is -0.507 e. The fraction of sp³-hybridized carbons (Fsp3) is 0.533. The highest BCUT2D eigenvalue weighted by Crippen LogP contribution is 2.29. The smallest absolute Gasteiger partial charge is 0.251 e. The molecular formula is C15H20BrNO2. The maximum Gasteiger partial charge on any atom is 0.251 e. The topological polar surface area (TPSA) is 49.3 Å². The molecule has 1 saturated carbocycles. The van der Waals surface area contributed by atoms with Gasteiger partial charge >= 0.3 is 0 Å². The van der Waals surface area contributed by atoms with Crippen LogP contribution in [0.2, 0.25) is 0 Å². The van der Waals surface area contributed by atoms with E-state index in [-0.39, 0.29) is 17.7 Å². The van der Waals surface area contributed by atoms with Gasteiger partial charge in [0.2, 0.25) is 0 Å². The van der Waals surface area contributed by atoms with E-state index in [0.717, 1.165) is 18.8 Å². The van der Waals surface area contributed by atoms with Crippen LogP contribution >= 0.6 is 15.9 Å². The van der Waals surface area contributed by atoms with Crippen LogP contribution in [0.15, 0.2) is 22.7 Å². The van der Waals surface area contributed by atoms with E-state index in [1.807, 2.05) is 0 Å². The summed E-state index contributed by atoms with van der Waals surface area (Å²) in [7, 11) is 0. The van der Waals surface area contributed by atoms with Crippen molar-refractivity contribution in [2.75, 3.05) is 0 Å². The monoisotopic (exact) mass is 325 g/mol. The summed E-state index contributed by atoms with van der Waals surface area (Å²) in [4.78, 5) is 12.2. The SMILES string of the molecule is CC1CCC(NC(=O)c2ccc(Br)c(O)c2)C(C)C1. The minimum atomic E-state index is -0.103. The van der Waals surface area contributed by atoms with Gasteiger partial charge < -0.3 is 10.4 Å². The fourth-order valence-electron chi connectivity index (χ4n) is 2.79. The number of nitrogens with one attached hydrogen (secondary N) is 1. The second-order valence-corrected chi connectivity index (χ2v) is 6.50. The molecule has 3 atom stereocenters. The molecule has 19 heavy (non-hydrogen) atoms. The Morgan fingerprint density at radius 3 is 2.74 bits per heavy atom. The molecule has 0 spiro atoms. The highest BCUT2D eigenvalue weighted by molar-refractivity contribution is 9.10. The minimum absolute atomic E-state index is 0.0953. The predicted molar refractivity (Wildman–Crippen MR) is 79.2 cm³/mol. The van der Waals surface area contributed by atoms with Crippen LogP contribution in [0.25, 0.3) is 0 Å². The first-order valence-electron chi connectivity index (χ1n) is 6.76. The van der Waals surface area contributed by atoms with Gasteiger partial charge in [0, 0.05) is 11.6 Å². The summed E-state index contributed by atoms with van der Waals surface area (Å²) in [5.41, 5.74) is 0.506. The molecule has 0 radical (unpaired) electrons. The average Bonchev–Trinajstić information content (AvgIpc) is 2.36. The number of carbonyl (C=O) groups is 1. The van der Waals surface area contributed by atoms with Crippen molar-refractivity contribution in [2.24, 2.45) is 11.8 Å². The molecule has 3 nitrogen and oxygen atoms in total. The number of carbonyl (C=O) groups excluding carboxylic acids is 1. The van der Waals surface area contributed by atoms with E-state index in [1.54, 1.807) is 12.1 Å². The maximum absolute atomic E-state index is 12.2. The van der Waals surface area contributed by atoms with Crippen LogP contribution in [-0.2, 0) is 0 Å². The molecule has 1 aromatic carbocycles. The number of hydrogen-bond acceptors (Lipinski definition) is 2. The van der Waals surface area contributed by atoms with Crippen molar-refractivity contribution in [3.63, 3.8) is 0 Å². The van der Waals surface area contributed by atoms with Crippen LogP contribution in [0, 0.1) is 11.8 Å². The molecule has 1 aromatic rings. The number of halogens is 1. The third-order valence-corrected chi connectivity index (χ3v) is 4.63. The number of hydrogen-bond donors (Lipinski definition) is 2.